The molecule has 1 aromatic rings. The molecule has 0 radical (unpaired) electrons. The maximum Gasteiger partial charge on any atom is 0.218 e. The Morgan fingerprint density at radius 3 is 2.73 bits per heavy atom. The van der Waals surface area contributed by atoms with Crippen LogP contribution >= 0.6 is 0 Å². The van der Waals surface area contributed by atoms with Crippen LogP contribution in [0.25, 0.3) is 0 Å². The fourth-order valence-corrected chi connectivity index (χ4v) is 1.97. The Bertz CT molecular complexity index is 450. The molecule has 0 saturated heterocycles. The van der Waals surface area contributed by atoms with Crippen molar-refractivity contribution in [2.75, 3.05) is 38.8 Å². The van der Waals surface area contributed by atoms with Crippen molar-refractivity contribution in [1.29, 1.82) is 0 Å². The number of hydrogen-bond donors (Lipinski definition) is 1. The van der Waals surface area contributed by atoms with Gasteiger partial charge in [-0.15, -0.1) is 0 Å². The summed E-state index contributed by atoms with van der Waals surface area (Å²) in [6.45, 7) is 6.72. The van der Waals surface area contributed by atoms with Gasteiger partial charge in [0.15, 0.2) is 0 Å². The van der Waals surface area contributed by atoms with E-state index in [0.29, 0.717) is 25.0 Å². The average molecular weight is 309 g/mol. The minimum Gasteiger partial charge on any atom is -0.475 e. The second kappa shape index (κ2) is 8.90. The molecule has 6 nitrogen and oxygen atoms in total. The zero-order valence-corrected chi connectivity index (χ0v) is 13.8. The molecular weight excluding hydrogens is 282 g/mol. The quantitative estimate of drug-likeness (QED) is 0.634. The van der Waals surface area contributed by atoms with Crippen LogP contribution in [0.2, 0.25) is 0 Å². The van der Waals surface area contributed by atoms with E-state index in [2.05, 4.69) is 15.3 Å². The molecule has 1 N–H and O–H groups in total. The van der Waals surface area contributed by atoms with E-state index in [9.17, 15) is 0 Å². The second-order valence-electron chi connectivity index (χ2n) is 5.77. The summed E-state index contributed by atoms with van der Waals surface area (Å²) in [7, 11) is 1.66. The SMILES string of the molecule is COCCOc1cc(NCCCOC(C)C)nc(C2CC2)n1. The Morgan fingerprint density at radius 2 is 2.05 bits per heavy atom. The Morgan fingerprint density at radius 1 is 1.23 bits per heavy atom. The van der Waals surface area contributed by atoms with Gasteiger partial charge in [-0.1, -0.05) is 0 Å². The van der Waals surface area contributed by atoms with Gasteiger partial charge in [-0.3, -0.25) is 0 Å². The predicted molar refractivity (Wildman–Crippen MR) is 85.6 cm³/mol. The summed E-state index contributed by atoms with van der Waals surface area (Å²) in [5.74, 6) is 2.83. The second-order valence-corrected chi connectivity index (χ2v) is 5.77. The lowest BCUT2D eigenvalue weighted by atomic mass is 10.3. The van der Waals surface area contributed by atoms with Crippen LogP contribution in [0.5, 0.6) is 5.88 Å². The number of nitrogens with zero attached hydrogens (tertiary/aromatic N) is 2. The number of rotatable bonds is 11. The maximum atomic E-state index is 5.62. The molecule has 0 aliphatic heterocycles. The van der Waals surface area contributed by atoms with Crippen LogP contribution in [0.4, 0.5) is 5.82 Å². The zero-order valence-electron chi connectivity index (χ0n) is 13.8. The number of anilines is 1. The van der Waals surface area contributed by atoms with Crippen LogP contribution in [0.15, 0.2) is 6.07 Å². The van der Waals surface area contributed by atoms with Crippen LogP contribution < -0.4 is 10.1 Å². The number of nitrogens with one attached hydrogen (secondary N) is 1. The van der Waals surface area contributed by atoms with Crippen molar-refractivity contribution in [3.05, 3.63) is 11.9 Å². The van der Waals surface area contributed by atoms with E-state index >= 15 is 0 Å². The molecule has 1 aliphatic carbocycles. The molecule has 1 aliphatic rings. The van der Waals surface area contributed by atoms with E-state index < -0.39 is 0 Å². The largest absolute Gasteiger partial charge is 0.475 e. The Labute approximate surface area is 132 Å². The first-order chi connectivity index (χ1) is 10.7. The summed E-state index contributed by atoms with van der Waals surface area (Å²) < 4.78 is 16.2. The van der Waals surface area contributed by atoms with Crippen molar-refractivity contribution < 1.29 is 14.2 Å². The highest BCUT2D eigenvalue weighted by Crippen LogP contribution is 2.39. The van der Waals surface area contributed by atoms with Gasteiger partial charge in [0.2, 0.25) is 5.88 Å². The first kappa shape index (κ1) is 17.0. The van der Waals surface area contributed by atoms with Gasteiger partial charge in [0, 0.05) is 32.2 Å². The lowest BCUT2D eigenvalue weighted by Gasteiger charge is -2.11. The Kier molecular flexibility index (Phi) is 6.86. The van der Waals surface area contributed by atoms with Crippen LogP contribution in [0.1, 0.15) is 44.9 Å². The molecule has 1 aromatic heterocycles. The van der Waals surface area contributed by atoms with Crippen molar-refractivity contribution in [3.8, 4) is 5.88 Å². The summed E-state index contributed by atoms with van der Waals surface area (Å²) in [5, 5.41) is 3.33. The monoisotopic (exact) mass is 309 g/mol. The van der Waals surface area contributed by atoms with Gasteiger partial charge in [0.1, 0.15) is 18.2 Å². The highest BCUT2D eigenvalue weighted by atomic mass is 16.5. The third-order valence-corrected chi connectivity index (χ3v) is 3.28. The van der Waals surface area contributed by atoms with Crippen molar-refractivity contribution in [2.24, 2.45) is 0 Å². The summed E-state index contributed by atoms with van der Waals surface area (Å²) >= 11 is 0. The molecule has 0 aromatic carbocycles. The number of aromatic nitrogens is 2. The molecule has 0 spiro atoms. The molecular formula is C16H27N3O3. The highest BCUT2D eigenvalue weighted by Gasteiger charge is 2.27. The van der Waals surface area contributed by atoms with Crippen molar-refractivity contribution in [2.45, 2.75) is 45.1 Å². The van der Waals surface area contributed by atoms with E-state index in [1.54, 1.807) is 7.11 Å². The van der Waals surface area contributed by atoms with E-state index in [1.165, 1.54) is 12.8 Å². The molecule has 1 saturated carbocycles. The summed E-state index contributed by atoms with van der Waals surface area (Å²) in [6.07, 6.45) is 3.56. The van der Waals surface area contributed by atoms with Crippen molar-refractivity contribution in [1.82, 2.24) is 9.97 Å². The normalized spacial score (nSPS) is 14.4. The number of ether oxygens (including phenoxy) is 3. The van der Waals surface area contributed by atoms with E-state index in [4.69, 9.17) is 14.2 Å². The molecule has 0 bridgehead atoms. The van der Waals surface area contributed by atoms with Crippen LogP contribution in [0, 0.1) is 0 Å². The summed E-state index contributed by atoms with van der Waals surface area (Å²) in [6, 6.07) is 1.85. The lowest BCUT2D eigenvalue weighted by Crippen LogP contribution is -2.12. The molecule has 0 unspecified atom stereocenters. The van der Waals surface area contributed by atoms with Crippen LogP contribution in [-0.2, 0) is 9.47 Å². The number of hydrogen-bond acceptors (Lipinski definition) is 6. The fourth-order valence-electron chi connectivity index (χ4n) is 1.97. The van der Waals surface area contributed by atoms with Crippen molar-refractivity contribution in [3.63, 3.8) is 0 Å². The average Bonchev–Trinajstić information content (AvgIpc) is 3.31. The first-order valence-corrected chi connectivity index (χ1v) is 8.05. The fraction of sp³-hybridized carbons (Fsp3) is 0.750. The third kappa shape index (κ3) is 6.15. The van der Waals surface area contributed by atoms with E-state index in [1.807, 2.05) is 19.9 Å². The minimum absolute atomic E-state index is 0.279. The maximum absolute atomic E-state index is 5.62. The van der Waals surface area contributed by atoms with Gasteiger partial charge in [-0.05, 0) is 33.1 Å². The van der Waals surface area contributed by atoms with Crippen LogP contribution in [0.3, 0.4) is 0 Å². The van der Waals surface area contributed by atoms with Gasteiger partial charge in [0.05, 0.1) is 12.7 Å². The molecule has 2 rings (SSSR count). The Hall–Kier alpha value is -1.40. The Balaban J connectivity index is 1.85. The van der Waals surface area contributed by atoms with Gasteiger partial charge in [0.25, 0.3) is 0 Å². The van der Waals surface area contributed by atoms with Gasteiger partial charge in [-0.2, -0.15) is 4.98 Å². The highest BCUT2D eigenvalue weighted by molar-refractivity contribution is 5.39. The molecule has 22 heavy (non-hydrogen) atoms. The first-order valence-electron chi connectivity index (χ1n) is 8.05. The molecule has 0 atom stereocenters. The van der Waals surface area contributed by atoms with E-state index in [0.717, 1.165) is 31.2 Å². The zero-order chi connectivity index (χ0) is 15.8. The molecule has 124 valence electrons. The van der Waals surface area contributed by atoms with E-state index in [-0.39, 0.29) is 6.10 Å². The molecule has 6 heteroatoms. The topological polar surface area (TPSA) is 65.5 Å². The smallest absolute Gasteiger partial charge is 0.218 e. The standard InChI is InChI=1S/C16H27N3O3/c1-12(2)21-8-4-7-17-14-11-15(22-10-9-20-3)19-16(18-14)13-5-6-13/h11-13H,4-10H2,1-3H3,(H,17,18,19). The third-order valence-electron chi connectivity index (χ3n) is 3.28. The molecule has 1 fully saturated rings. The summed E-state index contributed by atoms with van der Waals surface area (Å²) in [4.78, 5) is 9.06. The van der Waals surface area contributed by atoms with Crippen LogP contribution in [-0.4, -0.2) is 49.5 Å². The van der Waals surface area contributed by atoms with Crippen molar-refractivity contribution >= 4 is 5.82 Å². The summed E-state index contributed by atoms with van der Waals surface area (Å²) in [5.41, 5.74) is 0. The van der Waals surface area contributed by atoms with Gasteiger partial charge < -0.3 is 19.5 Å². The van der Waals surface area contributed by atoms with Gasteiger partial charge in [-0.25, -0.2) is 4.98 Å². The predicted octanol–water partition coefficient (Wildman–Crippen LogP) is 2.61. The number of methoxy groups -OCH3 is 1. The molecule has 0 amide bonds. The minimum atomic E-state index is 0.279. The lowest BCUT2D eigenvalue weighted by molar-refractivity contribution is 0.0787. The molecule has 1 heterocycles. The van der Waals surface area contributed by atoms with Gasteiger partial charge >= 0.3 is 0 Å².